The third-order valence-electron chi connectivity index (χ3n) is 0.193. The summed E-state index contributed by atoms with van der Waals surface area (Å²) in [6.45, 7) is 2.94. The molecule has 0 amide bonds. The van der Waals surface area contributed by atoms with Gasteiger partial charge in [-0.25, -0.2) is 0 Å². The van der Waals surface area contributed by atoms with Crippen molar-refractivity contribution < 1.29 is 22.2 Å². The van der Waals surface area contributed by atoms with Crippen LogP contribution in [-0.4, -0.2) is 13.0 Å². The minimum Gasteiger partial charge on any atom is -0.328 e. The van der Waals surface area contributed by atoms with Gasteiger partial charge in [-0.05, 0) is 4.33 Å². The van der Waals surface area contributed by atoms with E-state index >= 15 is 0 Å². The van der Waals surface area contributed by atoms with E-state index in [-0.39, 0.29) is 0 Å². The van der Waals surface area contributed by atoms with Crippen molar-refractivity contribution in [1.82, 2.24) is 0 Å². The second-order valence-corrected chi connectivity index (χ2v) is 1.75. The Labute approximate surface area is 46.4 Å². The van der Waals surface area contributed by atoms with E-state index in [0.29, 0.717) is 6.26 Å². The first-order valence-corrected chi connectivity index (χ1v) is 2.86. The van der Waals surface area contributed by atoms with Crippen LogP contribution in [0.1, 0.15) is 0 Å². The normalized spacial score (nSPS) is 10.6. The molecule has 0 aromatic heterocycles. The Kier molecular flexibility index (Phi) is 2.46. The molecule has 0 aliphatic carbocycles. The highest BCUT2D eigenvalue weighted by Gasteiger charge is 2.02. The van der Waals surface area contributed by atoms with Crippen LogP contribution in [0, 0.1) is 0 Å². The molecule has 0 aromatic carbocycles. The summed E-state index contributed by atoms with van der Waals surface area (Å²) in [4.78, 5) is 3.62. The lowest BCUT2D eigenvalue weighted by Crippen LogP contribution is -2.00. The van der Waals surface area contributed by atoms with Crippen molar-refractivity contribution >= 4 is 10.4 Å². The maximum absolute atomic E-state index is 9.55. The summed E-state index contributed by atoms with van der Waals surface area (Å²) in [5.41, 5.74) is 0. The molecule has 1 N–H and O–H groups in total. The standard InChI is InChI=1S/C2H4O5S/c1-2-6-7-8(3,4)5/h2H,1H2,(H,3,4,5). The lowest BCUT2D eigenvalue weighted by molar-refractivity contribution is -0.150. The molecule has 0 radical (unpaired) electrons. The van der Waals surface area contributed by atoms with Crippen LogP contribution in [0.15, 0.2) is 12.8 Å². The van der Waals surface area contributed by atoms with Gasteiger partial charge in [0.15, 0.2) is 0 Å². The van der Waals surface area contributed by atoms with Crippen LogP contribution in [0.2, 0.25) is 0 Å². The lowest BCUT2D eigenvalue weighted by atomic mass is 11.2. The van der Waals surface area contributed by atoms with Crippen LogP contribution in [0.3, 0.4) is 0 Å². The molecule has 48 valence electrons. The maximum Gasteiger partial charge on any atom is 0.432 e. The van der Waals surface area contributed by atoms with Crippen LogP contribution >= 0.6 is 0 Å². The van der Waals surface area contributed by atoms with Gasteiger partial charge in [-0.15, -0.1) is 0 Å². The summed E-state index contributed by atoms with van der Waals surface area (Å²) >= 11 is 0. The SMILES string of the molecule is C=COOS(=O)(=O)O. The topological polar surface area (TPSA) is 72.8 Å². The summed E-state index contributed by atoms with van der Waals surface area (Å²) in [7, 11) is -4.48. The fraction of sp³-hybridized carbons (Fsp3) is 0. The molecule has 0 fully saturated rings. The molecular weight excluding hydrogens is 136 g/mol. The Morgan fingerprint density at radius 1 is 1.62 bits per heavy atom. The van der Waals surface area contributed by atoms with E-state index in [1.807, 2.05) is 0 Å². The molecule has 0 aliphatic heterocycles. The smallest absolute Gasteiger partial charge is 0.328 e. The third kappa shape index (κ3) is 5.41. The van der Waals surface area contributed by atoms with Crippen molar-refractivity contribution in [3.63, 3.8) is 0 Å². The Balaban J connectivity index is 3.57. The van der Waals surface area contributed by atoms with Gasteiger partial charge in [0.25, 0.3) is 0 Å². The lowest BCUT2D eigenvalue weighted by Gasteiger charge is -1.90. The molecule has 0 aliphatic rings. The van der Waals surface area contributed by atoms with E-state index in [1.54, 1.807) is 0 Å². The molecule has 6 heteroatoms. The minimum absolute atomic E-state index is 0.716. The molecule has 0 heterocycles. The van der Waals surface area contributed by atoms with Crippen LogP contribution < -0.4 is 0 Å². The minimum atomic E-state index is -4.48. The number of rotatable bonds is 3. The van der Waals surface area contributed by atoms with Gasteiger partial charge in [-0.2, -0.15) is 8.42 Å². The van der Waals surface area contributed by atoms with Crippen molar-refractivity contribution in [3.8, 4) is 0 Å². The molecule has 0 bridgehead atoms. The Hall–Kier alpha value is -0.590. The Morgan fingerprint density at radius 2 is 2.12 bits per heavy atom. The molecule has 5 nitrogen and oxygen atoms in total. The van der Waals surface area contributed by atoms with Gasteiger partial charge in [0, 0.05) is 0 Å². The zero-order chi connectivity index (χ0) is 6.62. The van der Waals surface area contributed by atoms with Crippen LogP contribution in [-0.2, 0) is 19.6 Å². The van der Waals surface area contributed by atoms with Gasteiger partial charge < -0.3 is 4.89 Å². The third-order valence-corrected chi connectivity index (χ3v) is 0.444. The van der Waals surface area contributed by atoms with E-state index in [1.165, 1.54) is 0 Å². The quantitative estimate of drug-likeness (QED) is 0.256. The fourth-order valence-electron chi connectivity index (χ4n) is 0.0774. The van der Waals surface area contributed by atoms with E-state index in [9.17, 15) is 8.42 Å². The van der Waals surface area contributed by atoms with Gasteiger partial charge in [-0.3, -0.25) is 4.55 Å². The number of hydrogen-bond acceptors (Lipinski definition) is 4. The van der Waals surface area contributed by atoms with Gasteiger partial charge in [0.1, 0.15) is 6.26 Å². The van der Waals surface area contributed by atoms with Crippen molar-refractivity contribution in [2.75, 3.05) is 0 Å². The molecule has 0 spiro atoms. The van der Waals surface area contributed by atoms with Gasteiger partial charge >= 0.3 is 10.4 Å². The van der Waals surface area contributed by atoms with Crippen molar-refractivity contribution in [3.05, 3.63) is 12.8 Å². The monoisotopic (exact) mass is 140 g/mol. The van der Waals surface area contributed by atoms with E-state index in [0.717, 1.165) is 0 Å². The summed E-state index contributed by atoms with van der Waals surface area (Å²) < 4.78 is 30.1. The van der Waals surface area contributed by atoms with Crippen LogP contribution in [0.5, 0.6) is 0 Å². The first kappa shape index (κ1) is 7.41. The molecule has 0 atom stereocenters. The molecule has 0 saturated carbocycles. The average Bonchev–Trinajstić information content (AvgIpc) is 1.59. The van der Waals surface area contributed by atoms with Crippen LogP contribution in [0.25, 0.3) is 0 Å². The second kappa shape index (κ2) is 2.65. The maximum atomic E-state index is 9.55. The van der Waals surface area contributed by atoms with Gasteiger partial charge in [0.2, 0.25) is 0 Å². The van der Waals surface area contributed by atoms with Gasteiger partial charge in [-0.1, -0.05) is 6.58 Å². The predicted molar refractivity (Wildman–Crippen MR) is 23.9 cm³/mol. The number of hydrogen-bond donors (Lipinski definition) is 1. The molecule has 0 saturated heterocycles. The summed E-state index contributed by atoms with van der Waals surface area (Å²) in [5.74, 6) is 0. The highest BCUT2D eigenvalue weighted by molar-refractivity contribution is 7.80. The zero-order valence-electron chi connectivity index (χ0n) is 3.77. The van der Waals surface area contributed by atoms with Gasteiger partial charge in [0.05, 0.1) is 0 Å². The summed E-state index contributed by atoms with van der Waals surface area (Å²) in [6.07, 6.45) is 0.716. The molecule has 0 rings (SSSR count). The van der Waals surface area contributed by atoms with Crippen molar-refractivity contribution in [2.45, 2.75) is 0 Å². The second-order valence-electron chi connectivity index (χ2n) is 0.759. The van der Waals surface area contributed by atoms with E-state index in [4.69, 9.17) is 4.55 Å². The first-order valence-electron chi connectivity index (χ1n) is 1.49. The van der Waals surface area contributed by atoms with E-state index < -0.39 is 10.4 Å². The highest BCUT2D eigenvalue weighted by atomic mass is 32.3. The van der Waals surface area contributed by atoms with Crippen molar-refractivity contribution in [1.29, 1.82) is 0 Å². The first-order chi connectivity index (χ1) is 3.56. The average molecular weight is 140 g/mol. The molecule has 8 heavy (non-hydrogen) atoms. The summed E-state index contributed by atoms with van der Waals surface area (Å²) in [6, 6.07) is 0. The Morgan fingerprint density at radius 3 is 2.25 bits per heavy atom. The van der Waals surface area contributed by atoms with E-state index in [2.05, 4.69) is 15.8 Å². The predicted octanol–water partition coefficient (Wildman–Crippen LogP) is -0.119. The molecule has 0 aromatic rings. The zero-order valence-corrected chi connectivity index (χ0v) is 4.59. The molecular formula is C2H4O5S. The van der Waals surface area contributed by atoms with Crippen molar-refractivity contribution in [2.24, 2.45) is 0 Å². The van der Waals surface area contributed by atoms with Crippen LogP contribution in [0.4, 0.5) is 0 Å². The summed E-state index contributed by atoms with van der Waals surface area (Å²) in [5, 5.41) is 0. The Bertz CT molecular complexity index is 155. The molecule has 0 unspecified atom stereocenters. The fourth-order valence-corrected chi connectivity index (χ4v) is 0.232. The largest absolute Gasteiger partial charge is 0.432 e. The highest BCUT2D eigenvalue weighted by Crippen LogP contribution is 1.85.